The number of rotatable bonds is 9. The number of carbonyl (C=O) groups is 1. The molecule has 0 aromatic heterocycles. The van der Waals surface area contributed by atoms with Crippen molar-refractivity contribution in [1.82, 2.24) is 10.6 Å². The van der Waals surface area contributed by atoms with Crippen molar-refractivity contribution >= 4 is 18.3 Å². The number of nitrogens with one attached hydrogen (secondary N) is 2. The zero-order chi connectivity index (χ0) is 13.9. The average molecular weight is 301 g/mol. The predicted octanol–water partition coefficient (Wildman–Crippen LogP) is 2.17. The molecule has 0 saturated carbocycles. The molecule has 0 unspecified atom stereocenters. The van der Waals surface area contributed by atoms with Gasteiger partial charge in [-0.3, -0.25) is 4.79 Å². The molecular formula is C15H25ClN2O2. The highest BCUT2D eigenvalue weighted by Gasteiger charge is 2.01. The largest absolute Gasteiger partial charge is 0.484 e. The molecular weight excluding hydrogens is 276 g/mol. The second-order valence-corrected chi connectivity index (χ2v) is 4.39. The molecule has 2 N–H and O–H groups in total. The van der Waals surface area contributed by atoms with E-state index >= 15 is 0 Å². The quantitative estimate of drug-likeness (QED) is 0.687. The summed E-state index contributed by atoms with van der Waals surface area (Å²) >= 11 is 0. The van der Waals surface area contributed by atoms with E-state index in [9.17, 15) is 4.79 Å². The summed E-state index contributed by atoms with van der Waals surface area (Å²) in [6.45, 7) is 6.70. The van der Waals surface area contributed by atoms with Crippen molar-refractivity contribution < 1.29 is 9.53 Å². The minimum absolute atomic E-state index is 0. The Hall–Kier alpha value is -1.26. The van der Waals surface area contributed by atoms with Gasteiger partial charge in [-0.15, -0.1) is 12.4 Å². The molecule has 5 heteroatoms. The third-order valence-corrected chi connectivity index (χ3v) is 2.75. The maximum absolute atomic E-state index is 11.5. The maximum Gasteiger partial charge on any atom is 0.257 e. The molecule has 0 aliphatic heterocycles. The Balaban J connectivity index is 0.00000361. The predicted molar refractivity (Wildman–Crippen MR) is 84.7 cm³/mol. The standard InChI is InChI=1S/C15H24N2O2.ClH/c1-3-9-16-10-11-17-15(18)12-19-14-7-5-13(4-2)6-8-14;/h5-8,16H,3-4,9-12H2,1-2H3,(H,17,18);1H. The van der Waals surface area contributed by atoms with Crippen molar-refractivity contribution in [1.29, 1.82) is 0 Å². The Kier molecular flexibility index (Phi) is 10.8. The van der Waals surface area contributed by atoms with Gasteiger partial charge in [0.05, 0.1) is 0 Å². The van der Waals surface area contributed by atoms with Crippen LogP contribution in [0, 0.1) is 0 Å². The zero-order valence-corrected chi connectivity index (χ0v) is 13.1. The second kappa shape index (κ2) is 11.6. The molecule has 0 spiro atoms. The van der Waals surface area contributed by atoms with Crippen LogP contribution in [-0.2, 0) is 11.2 Å². The fourth-order valence-electron chi connectivity index (χ4n) is 1.61. The summed E-state index contributed by atoms with van der Waals surface area (Å²) in [5.74, 6) is 0.648. The fraction of sp³-hybridized carbons (Fsp3) is 0.533. The van der Waals surface area contributed by atoms with Crippen molar-refractivity contribution in [2.24, 2.45) is 0 Å². The lowest BCUT2D eigenvalue weighted by atomic mass is 10.2. The van der Waals surface area contributed by atoms with Crippen LogP contribution in [0.5, 0.6) is 5.75 Å². The first-order valence-corrected chi connectivity index (χ1v) is 6.95. The smallest absolute Gasteiger partial charge is 0.257 e. The first-order chi connectivity index (χ1) is 9.26. The van der Waals surface area contributed by atoms with Gasteiger partial charge < -0.3 is 15.4 Å². The third kappa shape index (κ3) is 8.02. The summed E-state index contributed by atoms with van der Waals surface area (Å²) < 4.78 is 5.41. The lowest BCUT2D eigenvalue weighted by Gasteiger charge is -2.08. The van der Waals surface area contributed by atoms with Crippen LogP contribution >= 0.6 is 12.4 Å². The molecule has 0 aliphatic rings. The molecule has 0 heterocycles. The highest BCUT2D eigenvalue weighted by Crippen LogP contribution is 2.12. The van der Waals surface area contributed by atoms with Crippen molar-refractivity contribution in [2.45, 2.75) is 26.7 Å². The molecule has 0 saturated heterocycles. The van der Waals surface area contributed by atoms with Crippen LogP contribution in [0.15, 0.2) is 24.3 Å². The van der Waals surface area contributed by atoms with Gasteiger partial charge in [0.15, 0.2) is 6.61 Å². The zero-order valence-electron chi connectivity index (χ0n) is 12.3. The SMILES string of the molecule is CCCNCCNC(=O)COc1ccc(CC)cc1.Cl. The van der Waals surface area contributed by atoms with Crippen LogP contribution in [-0.4, -0.2) is 32.1 Å². The number of benzene rings is 1. The first kappa shape index (κ1) is 18.7. The summed E-state index contributed by atoms with van der Waals surface area (Å²) in [5, 5.41) is 6.03. The molecule has 1 aromatic carbocycles. The summed E-state index contributed by atoms with van der Waals surface area (Å²) in [6, 6.07) is 7.83. The summed E-state index contributed by atoms with van der Waals surface area (Å²) in [7, 11) is 0. The molecule has 0 bridgehead atoms. The molecule has 0 aliphatic carbocycles. The number of hydrogen-bond acceptors (Lipinski definition) is 3. The van der Waals surface area contributed by atoms with E-state index in [0.717, 1.165) is 31.7 Å². The van der Waals surface area contributed by atoms with E-state index in [1.54, 1.807) is 0 Å². The number of carbonyl (C=O) groups excluding carboxylic acids is 1. The summed E-state index contributed by atoms with van der Waals surface area (Å²) in [6.07, 6.45) is 2.11. The molecule has 1 aromatic rings. The van der Waals surface area contributed by atoms with Gasteiger partial charge >= 0.3 is 0 Å². The summed E-state index contributed by atoms with van der Waals surface area (Å²) in [5.41, 5.74) is 1.26. The van der Waals surface area contributed by atoms with Crippen molar-refractivity contribution in [3.63, 3.8) is 0 Å². The first-order valence-electron chi connectivity index (χ1n) is 6.95. The van der Waals surface area contributed by atoms with Gasteiger partial charge in [-0.2, -0.15) is 0 Å². The number of aryl methyl sites for hydroxylation is 1. The van der Waals surface area contributed by atoms with Gasteiger partial charge in [-0.25, -0.2) is 0 Å². The van der Waals surface area contributed by atoms with E-state index in [2.05, 4.69) is 24.5 Å². The lowest BCUT2D eigenvalue weighted by molar-refractivity contribution is -0.123. The molecule has 1 amide bonds. The van der Waals surface area contributed by atoms with E-state index < -0.39 is 0 Å². The number of halogens is 1. The Morgan fingerprint density at radius 3 is 2.40 bits per heavy atom. The van der Waals surface area contributed by atoms with Gasteiger partial charge in [0.25, 0.3) is 5.91 Å². The van der Waals surface area contributed by atoms with Crippen LogP contribution in [0.25, 0.3) is 0 Å². The van der Waals surface area contributed by atoms with Crippen LogP contribution in [0.2, 0.25) is 0 Å². The number of hydrogen-bond donors (Lipinski definition) is 2. The topological polar surface area (TPSA) is 50.4 Å². The van der Waals surface area contributed by atoms with Gasteiger partial charge in [0.1, 0.15) is 5.75 Å². The number of amides is 1. The normalized spacial score (nSPS) is 9.70. The molecule has 0 atom stereocenters. The molecule has 0 fully saturated rings. The second-order valence-electron chi connectivity index (χ2n) is 4.39. The molecule has 1 rings (SSSR count). The van der Waals surface area contributed by atoms with Gasteiger partial charge in [-0.1, -0.05) is 26.0 Å². The maximum atomic E-state index is 11.5. The minimum atomic E-state index is -0.0853. The fourth-order valence-corrected chi connectivity index (χ4v) is 1.61. The van der Waals surface area contributed by atoms with Crippen molar-refractivity contribution in [3.05, 3.63) is 29.8 Å². The van der Waals surface area contributed by atoms with Crippen LogP contribution in [0.1, 0.15) is 25.8 Å². The van der Waals surface area contributed by atoms with Crippen molar-refractivity contribution in [3.8, 4) is 5.75 Å². The van der Waals surface area contributed by atoms with E-state index in [0.29, 0.717) is 6.54 Å². The van der Waals surface area contributed by atoms with Gasteiger partial charge in [-0.05, 0) is 37.1 Å². The Labute approximate surface area is 127 Å². The molecule has 20 heavy (non-hydrogen) atoms. The van der Waals surface area contributed by atoms with Crippen molar-refractivity contribution in [2.75, 3.05) is 26.2 Å². The summed E-state index contributed by atoms with van der Waals surface area (Å²) in [4.78, 5) is 11.5. The van der Waals surface area contributed by atoms with E-state index in [-0.39, 0.29) is 24.9 Å². The highest BCUT2D eigenvalue weighted by atomic mass is 35.5. The van der Waals surface area contributed by atoms with Gasteiger partial charge in [0.2, 0.25) is 0 Å². The minimum Gasteiger partial charge on any atom is -0.484 e. The van der Waals surface area contributed by atoms with Crippen LogP contribution < -0.4 is 15.4 Å². The van der Waals surface area contributed by atoms with Gasteiger partial charge in [0, 0.05) is 13.1 Å². The highest BCUT2D eigenvalue weighted by molar-refractivity contribution is 5.85. The van der Waals surface area contributed by atoms with E-state index in [1.807, 2.05) is 24.3 Å². The van der Waals surface area contributed by atoms with Crippen LogP contribution in [0.3, 0.4) is 0 Å². The molecule has 114 valence electrons. The number of ether oxygens (including phenoxy) is 1. The molecule has 4 nitrogen and oxygen atoms in total. The van der Waals surface area contributed by atoms with E-state index in [1.165, 1.54) is 5.56 Å². The molecule has 0 radical (unpaired) electrons. The Morgan fingerprint density at radius 1 is 1.10 bits per heavy atom. The average Bonchev–Trinajstić information content (AvgIpc) is 2.45. The lowest BCUT2D eigenvalue weighted by Crippen LogP contribution is -2.34. The van der Waals surface area contributed by atoms with E-state index in [4.69, 9.17) is 4.74 Å². The Morgan fingerprint density at radius 2 is 1.80 bits per heavy atom. The monoisotopic (exact) mass is 300 g/mol. The van der Waals surface area contributed by atoms with Crippen LogP contribution in [0.4, 0.5) is 0 Å². The Bertz CT molecular complexity index is 369. The third-order valence-electron chi connectivity index (χ3n) is 2.75.